The van der Waals surface area contributed by atoms with E-state index in [1.807, 2.05) is 22.7 Å². The van der Waals surface area contributed by atoms with Crippen molar-refractivity contribution in [2.24, 2.45) is 4.99 Å². The standard InChI is InChI=1S/C38H23N3S2/c1-2-10-23-21-31-28(19-22(23)9-1)25-11-3-6-14-30(25)41(31)38-36-35(27-13-5-8-16-33(27)43-36)39-37(40-38)24-17-18-34-29(20-24)26-12-4-7-15-32(26)42-34/h1-21,37,39H. The molecule has 0 radical (unpaired) electrons. The molecule has 202 valence electrons. The molecule has 3 aromatic heterocycles. The van der Waals surface area contributed by atoms with Gasteiger partial charge < -0.3 is 5.32 Å². The number of hydrogen-bond donors (Lipinski definition) is 1. The van der Waals surface area contributed by atoms with E-state index in [9.17, 15) is 0 Å². The van der Waals surface area contributed by atoms with Crippen LogP contribution >= 0.6 is 22.7 Å². The van der Waals surface area contributed by atoms with E-state index in [1.54, 1.807) is 0 Å². The van der Waals surface area contributed by atoms with E-state index in [-0.39, 0.29) is 6.17 Å². The maximum atomic E-state index is 5.57. The number of aliphatic imine (C=N–C) groups is 1. The number of benzene rings is 6. The highest BCUT2D eigenvalue weighted by atomic mass is 32.1. The van der Waals surface area contributed by atoms with Crippen LogP contribution in [0.1, 0.15) is 16.6 Å². The Kier molecular flexibility index (Phi) is 4.81. The molecule has 6 aromatic carbocycles. The smallest absolute Gasteiger partial charge is 0.154 e. The van der Waals surface area contributed by atoms with Gasteiger partial charge in [0.05, 0.1) is 21.6 Å². The van der Waals surface area contributed by atoms with Crippen molar-refractivity contribution >= 4 is 97.0 Å². The summed E-state index contributed by atoms with van der Waals surface area (Å²) in [4.78, 5) is 6.74. The molecule has 3 nitrogen and oxygen atoms in total. The third-order valence-corrected chi connectivity index (χ3v) is 11.1. The molecular formula is C38H23N3S2. The first-order valence-corrected chi connectivity index (χ1v) is 16.1. The highest BCUT2D eigenvalue weighted by Gasteiger charge is 2.29. The molecule has 0 saturated heterocycles. The van der Waals surface area contributed by atoms with Crippen molar-refractivity contribution in [1.29, 1.82) is 0 Å². The van der Waals surface area contributed by atoms with Gasteiger partial charge in [-0.3, -0.25) is 4.57 Å². The lowest BCUT2D eigenvalue weighted by Gasteiger charge is -2.25. The summed E-state index contributed by atoms with van der Waals surface area (Å²) in [5, 5.41) is 12.7. The molecular weight excluding hydrogens is 563 g/mol. The molecule has 1 aliphatic heterocycles. The summed E-state index contributed by atoms with van der Waals surface area (Å²) in [6, 6.07) is 46.3. The van der Waals surface area contributed by atoms with Crippen molar-refractivity contribution in [2.75, 3.05) is 5.32 Å². The number of rotatable bonds is 1. The second kappa shape index (κ2) is 8.77. The molecule has 0 bridgehead atoms. The van der Waals surface area contributed by atoms with Crippen LogP contribution in [0.5, 0.6) is 0 Å². The van der Waals surface area contributed by atoms with Crippen LogP contribution in [0.3, 0.4) is 0 Å². The number of hydrogen-bond acceptors (Lipinski definition) is 4. The van der Waals surface area contributed by atoms with E-state index in [4.69, 9.17) is 4.99 Å². The van der Waals surface area contributed by atoms with Crippen LogP contribution in [-0.2, 0) is 0 Å². The Morgan fingerprint density at radius 3 is 2.07 bits per heavy atom. The van der Waals surface area contributed by atoms with E-state index >= 15 is 0 Å². The molecule has 1 unspecified atom stereocenters. The molecule has 0 saturated carbocycles. The number of thiophene rings is 2. The number of aromatic nitrogens is 1. The summed E-state index contributed by atoms with van der Waals surface area (Å²) in [5.74, 6) is 0.997. The van der Waals surface area contributed by atoms with Crippen LogP contribution < -0.4 is 5.32 Å². The van der Waals surface area contributed by atoms with Gasteiger partial charge in [0.25, 0.3) is 0 Å². The van der Waals surface area contributed by atoms with Crippen molar-refractivity contribution in [3.63, 3.8) is 0 Å². The summed E-state index contributed by atoms with van der Waals surface area (Å²) in [6.45, 7) is 0. The minimum atomic E-state index is -0.222. The van der Waals surface area contributed by atoms with Crippen LogP contribution in [0.4, 0.5) is 5.69 Å². The van der Waals surface area contributed by atoms with E-state index < -0.39 is 0 Å². The Balaban J connectivity index is 1.28. The molecule has 1 N–H and O–H groups in total. The van der Waals surface area contributed by atoms with Gasteiger partial charge in [0, 0.05) is 41.0 Å². The van der Waals surface area contributed by atoms with Crippen molar-refractivity contribution in [2.45, 2.75) is 6.17 Å². The molecule has 0 amide bonds. The molecule has 10 rings (SSSR count). The van der Waals surface area contributed by atoms with Gasteiger partial charge >= 0.3 is 0 Å². The maximum absolute atomic E-state index is 5.57. The minimum Gasteiger partial charge on any atom is -0.358 e. The molecule has 4 heterocycles. The van der Waals surface area contributed by atoms with Gasteiger partial charge in [0.1, 0.15) is 6.17 Å². The van der Waals surface area contributed by atoms with Crippen LogP contribution in [0, 0.1) is 0 Å². The molecule has 0 aliphatic carbocycles. The number of anilines is 1. The van der Waals surface area contributed by atoms with Crippen LogP contribution in [0.25, 0.3) is 62.8 Å². The van der Waals surface area contributed by atoms with E-state index in [2.05, 4.69) is 137 Å². The lowest BCUT2D eigenvalue weighted by Crippen LogP contribution is -2.23. The maximum Gasteiger partial charge on any atom is 0.154 e. The lowest BCUT2D eigenvalue weighted by atomic mass is 10.1. The van der Waals surface area contributed by atoms with Gasteiger partial charge in [0.15, 0.2) is 5.84 Å². The summed E-state index contributed by atoms with van der Waals surface area (Å²) in [7, 11) is 0. The van der Waals surface area contributed by atoms with Crippen molar-refractivity contribution in [3.8, 4) is 0 Å². The molecule has 0 fully saturated rings. The molecule has 0 spiro atoms. The van der Waals surface area contributed by atoms with Gasteiger partial charge in [-0.1, -0.05) is 84.9 Å². The van der Waals surface area contributed by atoms with Crippen molar-refractivity contribution < 1.29 is 0 Å². The average molecular weight is 586 g/mol. The zero-order valence-corrected chi connectivity index (χ0v) is 24.5. The largest absolute Gasteiger partial charge is 0.358 e. The van der Waals surface area contributed by atoms with Gasteiger partial charge in [-0.2, -0.15) is 0 Å². The Hall–Kier alpha value is -4.97. The van der Waals surface area contributed by atoms with E-state index in [1.165, 1.54) is 73.3 Å². The Bertz CT molecular complexity index is 2620. The first kappa shape index (κ1) is 23.6. The van der Waals surface area contributed by atoms with Crippen LogP contribution in [-0.4, -0.2) is 10.4 Å². The topological polar surface area (TPSA) is 29.3 Å². The quantitative estimate of drug-likeness (QED) is 0.204. The van der Waals surface area contributed by atoms with Crippen LogP contribution in [0.15, 0.2) is 132 Å². The Labute approximate surface area is 255 Å². The normalized spacial score (nSPS) is 15.1. The predicted octanol–water partition coefficient (Wildman–Crippen LogP) is 10.9. The third kappa shape index (κ3) is 3.38. The highest BCUT2D eigenvalue weighted by Crippen LogP contribution is 2.44. The average Bonchev–Trinajstić information content (AvgIpc) is 3.72. The van der Waals surface area contributed by atoms with Crippen molar-refractivity contribution in [1.82, 2.24) is 4.57 Å². The lowest BCUT2D eigenvalue weighted by molar-refractivity contribution is 0.825. The SMILES string of the molecule is c1ccc2cc3c(cc2c1)c1ccccc1n3C1=NC(c2ccc3sc4ccccc4c3c2)Nc2c1sc1ccccc21. The monoisotopic (exact) mass is 585 g/mol. The number of fused-ring (bicyclic) bond motifs is 10. The predicted molar refractivity (Wildman–Crippen MR) is 186 cm³/mol. The van der Waals surface area contributed by atoms with Crippen LogP contribution in [0.2, 0.25) is 0 Å². The summed E-state index contributed by atoms with van der Waals surface area (Å²) >= 11 is 3.67. The first-order chi connectivity index (χ1) is 21.3. The number of para-hydroxylation sites is 1. The molecule has 1 aliphatic rings. The minimum absolute atomic E-state index is 0.222. The second-order valence-electron chi connectivity index (χ2n) is 11.2. The number of nitrogens with zero attached hydrogens (tertiary/aromatic N) is 2. The third-order valence-electron chi connectivity index (χ3n) is 8.80. The fourth-order valence-corrected chi connectivity index (χ4v) is 9.05. The number of nitrogens with one attached hydrogen (secondary N) is 1. The van der Waals surface area contributed by atoms with Gasteiger partial charge in [0.2, 0.25) is 0 Å². The van der Waals surface area contributed by atoms with Gasteiger partial charge in [-0.15, -0.1) is 22.7 Å². The van der Waals surface area contributed by atoms with E-state index in [0.29, 0.717) is 0 Å². The Morgan fingerprint density at radius 2 is 1.21 bits per heavy atom. The summed E-state index contributed by atoms with van der Waals surface area (Å²) in [6.07, 6.45) is -0.222. The first-order valence-electron chi connectivity index (χ1n) is 14.5. The molecule has 1 atom stereocenters. The van der Waals surface area contributed by atoms with Crippen molar-refractivity contribution in [3.05, 3.63) is 138 Å². The van der Waals surface area contributed by atoms with Gasteiger partial charge in [-0.25, -0.2) is 4.99 Å². The summed E-state index contributed by atoms with van der Waals surface area (Å²) < 4.78 is 6.29. The summed E-state index contributed by atoms with van der Waals surface area (Å²) in [5.41, 5.74) is 4.69. The fraction of sp³-hybridized carbons (Fsp3) is 0.0263. The zero-order chi connectivity index (χ0) is 28.1. The molecule has 9 aromatic rings. The Morgan fingerprint density at radius 1 is 0.535 bits per heavy atom. The van der Waals surface area contributed by atoms with E-state index in [0.717, 1.165) is 11.5 Å². The zero-order valence-electron chi connectivity index (χ0n) is 22.9. The molecule has 5 heteroatoms. The fourth-order valence-electron chi connectivity index (χ4n) is 6.81. The highest BCUT2D eigenvalue weighted by molar-refractivity contribution is 7.25. The second-order valence-corrected chi connectivity index (χ2v) is 13.4. The van der Waals surface area contributed by atoms with Gasteiger partial charge in [-0.05, 0) is 58.8 Å². The molecule has 43 heavy (non-hydrogen) atoms.